The highest BCUT2D eigenvalue weighted by molar-refractivity contribution is 6.76. The van der Waals surface area contributed by atoms with Crippen LogP contribution in [0.3, 0.4) is 0 Å². The molecule has 144 valence electrons. The Hall–Kier alpha value is -2.17. The highest BCUT2D eigenvalue weighted by atomic mass is 28.3. The molecule has 0 radical (unpaired) electrons. The molecule has 0 aliphatic rings. The van der Waals surface area contributed by atoms with Crippen molar-refractivity contribution in [2.24, 2.45) is 0 Å². The Morgan fingerprint density at radius 2 is 1.67 bits per heavy atom. The lowest BCUT2D eigenvalue weighted by Gasteiger charge is -2.29. The fraction of sp³-hybridized carbons (Fsp3) is 0.348. The first kappa shape index (κ1) is 21.1. The predicted octanol–water partition coefficient (Wildman–Crippen LogP) is 5.14. The molecule has 0 unspecified atom stereocenters. The fourth-order valence-corrected chi connectivity index (χ4v) is 4.68. The van der Waals surface area contributed by atoms with E-state index in [2.05, 4.69) is 73.1 Å². The summed E-state index contributed by atoms with van der Waals surface area (Å²) < 4.78 is 5.00. The van der Waals surface area contributed by atoms with Crippen molar-refractivity contribution in [3.8, 4) is 0 Å². The van der Waals surface area contributed by atoms with Crippen LogP contribution < -0.4 is 0 Å². The van der Waals surface area contributed by atoms with Crippen LogP contribution in [0.25, 0.3) is 6.08 Å². The summed E-state index contributed by atoms with van der Waals surface area (Å²) in [5.41, 5.74) is 3.63. The van der Waals surface area contributed by atoms with Gasteiger partial charge in [-0.25, -0.2) is 4.79 Å². The van der Waals surface area contributed by atoms with E-state index < -0.39 is 8.07 Å². The molecule has 0 heterocycles. The zero-order valence-corrected chi connectivity index (χ0v) is 17.9. The van der Waals surface area contributed by atoms with Gasteiger partial charge in [0.25, 0.3) is 0 Å². The first-order chi connectivity index (χ1) is 12.9. The molecule has 27 heavy (non-hydrogen) atoms. The van der Waals surface area contributed by atoms with E-state index in [4.69, 9.17) is 4.74 Å². The second-order valence-electron chi connectivity index (χ2n) is 7.98. The Labute approximate surface area is 164 Å². The number of hydrogen-bond acceptors (Lipinski definition) is 3. The van der Waals surface area contributed by atoms with Crippen LogP contribution in [-0.4, -0.2) is 31.7 Å². The minimum absolute atomic E-state index is 0.296. The molecule has 3 nitrogen and oxygen atoms in total. The van der Waals surface area contributed by atoms with E-state index in [1.807, 2.05) is 19.1 Å². The number of ether oxygens (including phenoxy) is 1. The monoisotopic (exact) mass is 381 g/mol. The summed E-state index contributed by atoms with van der Waals surface area (Å²) in [6.45, 7) is 11.2. The third-order valence-electron chi connectivity index (χ3n) is 4.08. The van der Waals surface area contributed by atoms with E-state index in [0.29, 0.717) is 6.61 Å². The van der Waals surface area contributed by atoms with Gasteiger partial charge in [-0.2, -0.15) is 0 Å². The Balaban J connectivity index is 2.20. The number of rotatable bonds is 9. The number of carbonyl (C=O) groups is 1. The summed E-state index contributed by atoms with van der Waals surface area (Å²) in [4.78, 5) is 14.2. The van der Waals surface area contributed by atoms with Gasteiger partial charge in [0.05, 0.1) is 14.7 Å². The van der Waals surface area contributed by atoms with Gasteiger partial charge in [0.15, 0.2) is 0 Å². The Morgan fingerprint density at radius 1 is 1.00 bits per heavy atom. The lowest BCUT2D eigenvalue weighted by Crippen LogP contribution is -2.39. The van der Waals surface area contributed by atoms with Crippen molar-refractivity contribution in [1.82, 2.24) is 4.90 Å². The van der Waals surface area contributed by atoms with Crippen molar-refractivity contribution < 1.29 is 9.53 Å². The molecule has 0 saturated carbocycles. The van der Waals surface area contributed by atoms with Crippen molar-refractivity contribution in [1.29, 1.82) is 0 Å². The summed E-state index contributed by atoms with van der Waals surface area (Å²) in [7, 11) is -1.26. The van der Waals surface area contributed by atoms with Crippen LogP contribution in [0.15, 0.2) is 60.7 Å². The SMILES string of the molecule is CCOC(=O)/C=C/c1ccccc1CN(Cc1ccccc1)C[Si](C)(C)C. The van der Waals surface area contributed by atoms with Gasteiger partial charge in [-0.05, 0) is 35.9 Å². The standard InChI is InChI=1S/C23H31NO2Si/c1-5-26-23(25)16-15-21-13-9-10-14-22(21)18-24(19-27(2,3)4)17-20-11-7-6-8-12-20/h6-16H,5,17-19H2,1-4H3/b16-15+. The number of esters is 1. The van der Waals surface area contributed by atoms with Gasteiger partial charge in [0, 0.05) is 19.2 Å². The average Bonchev–Trinajstić information content (AvgIpc) is 2.61. The summed E-state index contributed by atoms with van der Waals surface area (Å²) in [5, 5.41) is 0. The van der Waals surface area contributed by atoms with Crippen molar-refractivity contribution in [3.63, 3.8) is 0 Å². The molecule has 0 fully saturated rings. The third-order valence-corrected chi connectivity index (χ3v) is 5.48. The summed E-state index contributed by atoms with van der Waals surface area (Å²) in [6.07, 6.45) is 4.50. The fourth-order valence-electron chi connectivity index (χ4n) is 3.11. The summed E-state index contributed by atoms with van der Waals surface area (Å²) in [6, 6.07) is 18.9. The van der Waals surface area contributed by atoms with Gasteiger partial charge < -0.3 is 4.74 Å². The van der Waals surface area contributed by atoms with Crippen LogP contribution in [0.4, 0.5) is 0 Å². The van der Waals surface area contributed by atoms with Crippen LogP contribution in [0.5, 0.6) is 0 Å². The second kappa shape index (κ2) is 10.2. The Bertz CT molecular complexity index is 750. The smallest absolute Gasteiger partial charge is 0.330 e. The summed E-state index contributed by atoms with van der Waals surface area (Å²) >= 11 is 0. The number of carbonyl (C=O) groups excluding carboxylic acids is 1. The van der Waals surface area contributed by atoms with Crippen molar-refractivity contribution in [3.05, 3.63) is 77.4 Å². The Morgan fingerprint density at radius 3 is 2.33 bits per heavy atom. The third kappa shape index (κ3) is 7.93. The molecule has 0 aromatic heterocycles. The van der Waals surface area contributed by atoms with E-state index in [1.165, 1.54) is 17.2 Å². The second-order valence-corrected chi connectivity index (χ2v) is 13.4. The van der Waals surface area contributed by atoms with Gasteiger partial charge in [-0.15, -0.1) is 0 Å². The predicted molar refractivity (Wildman–Crippen MR) is 116 cm³/mol. The molecule has 0 N–H and O–H groups in total. The molecule has 0 amide bonds. The van der Waals surface area contributed by atoms with Gasteiger partial charge in [-0.1, -0.05) is 74.2 Å². The molecule has 0 bridgehead atoms. The lowest BCUT2D eigenvalue weighted by molar-refractivity contribution is -0.137. The highest BCUT2D eigenvalue weighted by Gasteiger charge is 2.19. The zero-order chi connectivity index (χ0) is 19.7. The molecule has 0 aliphatic heterocycles. The molecular formula is C23H31NO2Si. The van der Waals surface area contributed by atoms with E-state index in [1.54, 1.807) is 0 Å². The van der Waals surface area contributed by atoms with Gasteiger partial charge in [0.2, 0.25) is 0 Å². The normalized spacial score (nSPS) is 11.9. The quantitative estimate of drug-likeness (QED) is 0.342. The molecular weight excluding hydrogens is 350 g/mol. The molecule has 2 rings (SSSR count). The van der Waals surface area contributed by atoms with Crippen LogP contribution in [0.2, 0.25) is 19.6 Å². The minimum atomic E-state index is -1.26. The van der Waals surface area contributed by atoms with Crippen LogP contribution in [0.1, 0.15) is 23.6 Å². The zero-order valence-electron chi connectivity index (χ0n) is 16.9. The molecule has 0 aliphatic carbocycles. The van der Waals surface area contributed by atoms with Crippen molar-refractivity contribution in [2.45, 2.75) is 39.7 Å². The van der Waals surface area contributed by atoms with Gasteiger partial charge >= 0.3 is 5.97 Å². The van der Waals surface area contributed by atoms with E-state index in [9.17, 15) is 4.79 Å². The van der Waals surface area contributed by atoms with E-state index in [0.717, 1.165) is 24.8 Å². The van der Waals surface area contributed by atoms with Gasteiger partial charge in [-0.3, -0.25) is 4.90 Å². The molecule has 2 aromatic rings. The number of hydrogen-bond donors (Lipinski definition) is 0. The molecule has 0 spiro atoms. The van der Waals surface area contributed by atoms with Crippen LogP contribution in [0, 0.1) is 0 Å². The molecule has 0 saturated heterocycles. The molecule has 0 atom stereocenters. The minimum Gasteiger partial charge on any atom is -0.463 e. The first-order valence-electron chi connectivity index (χ1n) is 9.56. The van der Waals surface area contributed by atoms with Crippen LogP contribution in [-0.2, 0) is 22.6 Å². The maximum Gasteiger partial charge on any atom is 0.330 e. The molecule has 2 aromatic carbocycles. The average molecular weight is 382 g/mol. The number of benzene rings is 2. The summed E-state index contributed by atoms with van der Waals surface area (Å²) in [5.74, 6) is -0.296. The van der Waals surface area contributed by atoms with E-state index in [-0.39, 0.29) is 5.97 Å². The lowest BCUT2D eigenvalue weighted by atomic mass is 10.1. The maximum atomic E-state index is 11.7. The van der Waals surface area contributed by atoms with Gasteiger partial charge in [0.1, 0.15) is 0 Å². The first-order valence-corrected chi connectivity index (χ1v) is 13.3. The van der Waals surface area contributed by atoms with E-state index >= 15 is 0 Å². The van der Waals surface area contributed by atoms with Crippen LogP contribution >= 0.6 is 0 Å². The number of nitrogens with zero attached hydrogens (tertiary/aromatic N) is 1. The molecule has 4 heteroatoms. The van der Waals surface area contributed by atoms with Crippen molar-refractivity contribution in [2.75, 3.05) is 12.8 Å². The largest absolute Gasteiger partial charge is 0.463 e. The Kier molecular flexibility index (Phi) is 8.01. The topological polar surface area (TPSA) is 29.5 Å². The highest BCUT2D eigenvalue weighted by Crippen LogP contribution is 2.18. The van der Waals surface area contributed by atoms with Crippen molar-refractivity contribution >= 4 is 20.1 Å². The maximum absolute atomic E-state index is 11.7.